The van der Waals surface area contributed by atoms with Crippen LogP contribution in [0.25, 0.3) is 11.3 Å². The Morgan fingerprint density at radius 1 is 1.19 bits per heavy atom. The van der Waals surface area contributed by atoms with E-state index in [1.54, 1.807) is 14.0 Å². The summed E-state index contributed by atoms with van der Waals surface area (Å²) in [5, 5.41) is 7.20. The number of rotatable bonds is 8. The first-order chi connectivity index (χ1) is 14.9. The van der Waals surface area contributed by atoms with Crippen LogP contribution < -0.4 is 5.32 Å². The van der Waals surface area contributed by atoms with E-state index in [1.807, 2.05) is 50.2 Å². The number of hydrogen-bond acceptors (Lipinski definition) is 7. The molecule has 8 nitrogen and oxygen atoms in total. The molecule has 0 bridgehead atoms. The summed E-state index contributed by atoms with van der Waals surface area (Å²) < 4.78 is 6.50. The smallest absolute Gasteiger partial charge is 0.343 e. The summed E-state index contributed by atoms with van der Waals surface area (Å²) >= 11 is 1.36. The number of benzene rings is 1. The first-order valence-corrected chi connectivity index (χ1v) is 10.9. The standard InChI is InChI=1S/C22H25N5O3S/c1-5-18(21(28)26-20-16(13-23-27(20)4)22(29)30-6-2)31-19-12-17(24-14(3)25-19)15-10-8-7-9-11-15/h7-13,18H,5-6H2,1-4H3,(H,26,28). The highest BCUT2D eigenvalue weighted by Gasteiger charge is 2.24. The van der Waals surface area contributed by atoms with Gasteiger partial charge in [0.05, 0.1) is 23.7 Å². The van der Waals surface area contributed by atoms with Gasteiger partial charge in [-0.2, -0.15) is 5.10 Å². The summed E-state index contributed by atoms with van der Waals surface area (Å²) in [6, 6.07) is 11.7. The van der Waals surface area contributed by atoms with Crippen molar-refractivity contribution in [1.29, 1.82) is 0 Å². The van der Waals surface area contributed by atoms with Crippen molar-refractivity contribution in [2.45, 2.75) is 37.5 Å². The summed E-state index contributed by atoms with van der Waals surface area (Å²) in [5.74, 6) is 0.186. The van der Waals surface area contributed by atoms with E-state index in [0.29, 0.717) is 23.1 Å². The molecule has 3 rings (SSSR count). The lowest BCUT2D eigenvalue weighted by atomic mass is 10.1. The number of anilines is 1. The molecule has 162 valence electrons. The van der Waals surface area contributed by atoms with Gasteiger partial charge in [0, 0.05) is 12.6 Å². The Kier molecular flexibility index (Phi) is 7.41. The third-order valence-corrected chi connectivity index (χ3v) is 5.77. The molecule has 1 atom stereocenters. The van der Waals surface area contributed by atoms with Crippen LogP contribution in [0.5, 0.6) is 0 Å². The fraction of sp³-hybridized carbons (Fsp3) is 0.318. The molecule has 1 N–H and O–H groups in total. The van der Waals surface area contributed by atoms with Gasteiger partial charge in [-0.05, 0) is 26.3 Å². The number of aryl methyl sites for hydroxylation is 2. The molecule has 0 saturated heterocycles. The highest BCUT2D eigenvalue weighted by molar-refractivity contribution is 8.00. The number of esters is 1. The number of amides is 1. The van der Waals surface area contributed by atoms with Crippen LogP contribution in [0, 0.1) is 6.92 Å². The monoisotopic (exact) mass is 439 g/mol. The second-order valence-electron chi connectivity index (χ2n) is 6.76. The van der Waals surface area contributed by atoms with Crippen LogP contribution >= 0.6 is 11.8 Å². The Morgan fingerprint density at radius 2 is 1.94 bits per heavy atom. The summed E-state index contributed by atoms with van der Waals surface area (Å²) in [6.07, 6.45) is 1.97. The summed E-state index contributed by atoms with van der Waals surface area (Å²) in [6.45, 7) is 5.73. The lowest BCUT2D eigenvalue weighted by Gasteiger charge is -2.16. The normalized spacial score (nSPS) is 11.7. The number of nitrogens with one attached hydrogen (secondary N) is 1. The van der Waals surface area contributed by atoms with Gasteiger partial charge in [-0.3, -0.25) is 9.48 Å². The fourth-order valence-corrected chi connectivity index (χ4v) is 3.96. The highest BCUT2D eigenvalue weighted by Crippen LogP contribution is 2.28. The molecule has 1 amide bonds. The number of aromatic nitrogens is 4. The maximum absolute atomic E-state index is 13.0. The zero-order valence-corrected chi connectivity index (χ0v) is 18.8. The van der Waals surface area contributed by atoms with E-state index in [-0.39, 0.29) is 18.1 Å². The van der Waals surface area contributed by atoms with E-state index in [2.05, 4.69) is 20.4 Å². The number of carbonyl (C=O) groups is 2. The predicted molar refractivity (Wildman–Crippen MR) is 120 cm³/mol. The second-order valence-corrected chi connectivity index (χ2v) is 7.98. The molecule has 0 aliphatic rings. The van der Waals surface area contributed by atoms with Gasteiger partial charge in [-0.25, -0.2) is 14.8 Å². The molecule has 0 aliphatic carbocycles. The molecule has 3 aromatic rings. The van der Waals surface area contributed by atoms with Gasteiger partial charge in [0.1, 0.15) is 22.2 Å². The Bertz CT molecular complexity index is 1070. The minimum Gasteiger partial charge on any atom is -0.462 e. The Balaban J connectivity index is 1.80. The Labute approximate surface area is 185 Å². The van der Waals surface area contributed by atoms with Gasteiger partial charge in [-0.15, -0.1) is 0 Å². The van der Waals surface area contributed by atoms with Crippen LogP contribution in [0.4, 0.5) is 5.82 Å². The second kappa shape index (κ2) is 10.2. The third-order valence-electron chi connectivity index (χ3n) is 4.49. The summed E-state index contributed by atoms with van der Waals surface area (Å²) in [7, 11) is 1.66. The van der Waals surface area contributed by atoms with Crippen molar-refractivity contribution in [3.05, 3.63) is 54.0 Å². The average Bonchev–Trinajstić information content (AvgIpc) is 3.12. The lowest BCUT2D eigenvalue weighted by Crippen LogP contribution is -2.27. The maximum Gasteiger partial charge on any atom is 0.343 e. The van der Waals surface area contributed by atoms with Gasteiger partial charge in [0.25, 0.3) is 0 Å². The molecule has 0 radical (unpaired) electrons. The Hall–Kier alpha value is -3.20. The molecule has 1 aromatic carbocycles. The van der Waals surface area contributed by atoms with Crippen LogP contribution in [-0.2, 0) is 16.6 Å². The lowest BCUT2D eigenvalue weighted by molar-refractivity contribution is -0.115. The first kappa shape index (κ1) is 22.5. The third kappa shape index (κ3) is 5.49. The molecule has 0 spiro atoms. The van der Waals surface area contributed by atoms with Crippen molar-refractivity contribution in [1.82, 2.24) is 19.7 Å². The zero-order valence-electron chi connectivity index (χ0n) is 18.0. The van der Waals surface area contributed by atoms with E-state index >= 15 is 0 Å². The zero-order chi connectivity index (χ0) is 22.4. The van der Waals surface area contributed by atoms with Crippen molar-refractivity contribution >= 4 is 29.5 Å². The van der Waals surface area contributed by atoms with E-state index in [0.717, 1.165) is 11.3 Å². The molecule has 31 heavy (non-hydrogen) atoms. The van der Waals surface area contributed by atoms with E-state index in [9.17, 15) is 9.59 Å². The van der Waals surface area contributed by atoms with Crippen molar-refractivity contribution in [3.63, 3.8) is 0 Å². The van der Waals surface area contributed by atoms with E-state index in [4.69, 9.17) is 4.74 Å². The van der Waals surface area contributed by atoms with Crippen molar-refractivity contribution in [2.75, 3.05) is 11.9 Å². The predicted octanol–water partition coefficient (Wildman–Crippen LogP) is 3.87. The highest BCUT2D eigenvalue weighted by atomic mass is 32.2. The van der Waals surface area contributed by atoms with E-state index < -0.39 is 11.2 Å². The SMILES string of the molecule is CCOC(=O)c1cnn(C)c1NC(=O)C(CC)Sc1cc(-c2ccccc2)nc(C)n1. The van der Waals surface area contributed by atoms with Crippen LogP contribution in [0.15, 0.2) is 47.6 Å². The number of carbonyl (C=O) groups excluding carboxylic acids is 2. The molecule has 0 aliphatic heterocycles. The minimum absolute atomic E-state index is 0.224. The molecular formula is C22H25N5O3S. The van der Waals surface area contributed by atoms with Gasteiger partial charge in [0.2, 0.25) is 5.91 Å². The minimum atomic E-state index is -0.523. The van der Waals surface area contributed by atoms with Crippen LogP contribution in [0.1, 0.15) is 36.5 Å². The number of ether oxygens (including phenoxy) is 1. The van der Waals surface area contributed by atoms with Crippen molar-refractivity contribution in [2.24, 2.45) is 7.05 Å². The first-order valence-electron chi connectivity index (χ1n) is 10.0. The van der Waals surface area contributed by atoms with Gasteiger partial charge >= 0.3 is 5.97 Å². The van der Waals surface area contributed by atoms with Crippen LogP contribution in [0.3, 0.4) is 0 Å². The summed E-state index contributed by atoms with van der Waals surface area (Å²) in [5.41, 5.74) is 2.02. The van der Waals surface area contributed by atoms with E-state index in [1.165, 1.54) is 22.6 Å². The summed E-state index contributed by atoms with van der Waals surface area (Å²) in [4.78, 5) is 34.2. The molecule has 2 heterocycles. The average molecular weight is 440 g/mol. The number of thioether (sulfide) groups is 1. The van der Waals surface area contributed by atoms with Gasteiger partial charge in [-0.1, -0.05) is 49.0 Å². The Morgan fingerprint density at radius 3 is 2.61 bits per heavy atom. The fourth-order valence-electron chi connectivity index (χ4n) is 2.97. The van der Waals surface area contributed by atoms with Gasteiger partial charge < -0.3 is 10.1 Å². The van der Waals surface area contributed by atoms with Crippen LogP contribution in [-0.4, -0.2) is 43.5 Å². The number of nitrogens with zero attached hydrogens (tertiary/aromatic N) is 4. The van der Waals surface area contributed by atoms with Crippen molar-refractivity contribution < 1.29 is 14.3 Å². The maximum atomic E-state index is 13.0. The largest absolute Gasteiger partial charge is 0.462 e. The molecular weight excluding hydrogens is 414 g/mol. The molecule has 1 unspecified atom stereocenters. The quantitative estimate of drug-likeness (QED) is 0.323. The number of hydrogen-bond donors (Lipinski definition) is 1. The van der Waals surface area contributed by atoms with Gasteiger partial charge in [0.15, 0.2) is 0 Å². The van der Waals surface area contributed by atoms with Crippen LogP contribution in [0.2, 0.25) is 0 Å². The molecule has 2 aromatic heterocycles. The topological polar surface area (TPSA) is 99.0 Å². The molecule has 9 heteroatoms. The molecule has 0 fully saturated rings. The van der Waals surface area contributed by atoms with Crippen molar-refractivity contribution in [3.8, 4) is 11.3 Å². The molecule has 0 saturated carbocycles.